The van der Waals surface area contributed by atoms with Gasteiger partial charge in [-0.25, -0.2) is 0 Å². The first kappa shape index (κ1) is 15.5. The Morgan fingerprint density at radius 2 is 2.26 bits per heavy atom. The number of phenolic OH excluding ortho intramolecular Hbond substituents is 1. The highest BCUT2D eigenvalue weighted by atomic mass is 16.5. The first-order chi connectivity index (χ1) is 9.08. The Bertz CT molecular complexity index is 421. The minimum absolute atomic E-state index is 0.0506. The number of anilines is 1. The summed E-state index contributed by atoms with van der Waals surface area (Å²) < 4.78 is 4.91. The van der Waals surface area contributed by atoms with Gasteiger partial charge in [-0.2, -0.15) is 0 Å². The second-order valence-electron chi connectivity index (χ2n) is 4.44. The lowest BCUT2D eigenvalue weighted by Crippen LogP contribution is -2.35. The fourth-order valence-corrected chi connectivity index (χ4v) is 1.71. The van der Waals surface area contributed by atoms with Crippen LogP contribution in [0.2, 0.25) is 0 Å². The van der Waals surface area contributed by atoms with Gasteiger partial charge in [-0.3, -0.25) is 4.79 Å². The highest BCUT2D eigenvalue weighted by molar-refractivity contribution is 5.95. The van der Waals surface area contributed by atoms with Gasteiger partial charge < -0.3 is 20.9 Å². The molecule has 4 N–H and O–H groups in total. The van der Waals surface area contributed by atoms with E-state index in [4.69, 9.17) is 10.5 Å². The summed E-state index contributed by atoms with van der Waals surface area (Å²) in [5.41, 5.74) is 7.23. The number of nitrogens with one attached hydrogen (secondary N) is 1. The molecule has 1 atom stereocenters. The van der Waals surface area contributed by atoms with Crippen molar-refractivity contribution in [2.24, 2.45) is 5.73 Å². The number of nitrogens with two attached hydrogens (primary N) is 1. The predicted octanol–water partition coefficient (Wildman–Crippen LogP) is 1.65. The smallest absolute Gasteiger partial charge is 0.241 e. The summed E-state index contributed by atoms with van der Waals surface area (Å²) in [5.74, 6) is -0.241. The Balaban J connectivity index is 2.60. The summed E-state index contributed by atoms with van der Waals surface area (Å²) in [4.78, 5) is 11.9. The summed E-state index contributed by atoms with van der Waals surface area (Å²) in [6, 6.07) is 4.56. The van der Waals surface area contributed by atoms with E-state index in [9.17, 15) is 9.90 Å². The van der Waals surface area contributed by atoms with Crippen LogP contribution in [0.5, 0.6) is 5.75 Å². The van der Waals surface area contributed by atoms with Crippen LogP contribution in [0.25, 0.3) is 0 Å². The maximum atomic E-state index is 11.9. The minimum Gasteiger partial charge on any atom is -0.506 e. The van der Waals surface area contributed by atoms with Crippen molar-refractivity contribution < 1.29 is 14.6 Å². The number of aryl methyl sites for hydroxylation is 1. The predicted molar refractivity (Wildman–Crippen MR) is 75.2 cm³/mol. The Kier molecular flexibility index (Phi) is 6.32. The number of hydrogen-bond donors (Lipinski definition) is 3. The van der Waals surface area contributed by atoms with Crippen molar-refractivity contribution in [3.05, 3.63) is 23.8 Å². The molecule has 106 valence electrons. The van der Waals surface area contributed by atoms with E-state index in [1.807, 2.05) is 13.0 Å². The van der Waals surface area contributed by atoms with Crippen LogP contribution in [0.15, 0.2) is 18.2 Å². The number of amides is 1. The average molecular weight is 266 g/mol. The van der Waals surface area contributed by atoms with Crippen molar-refractivity contribution in [2.45, 2.75) is 32.2 Å². The Morgan fingerprint density at radius 1 is 1.53 bits per heavy atom. The number of carbonyl (C=O) groups excluding carboxylic acids is 1. The van der Waals surface area contributed by atoms with Crippen molar-refractivity contribution in [1.82, 2.24) is 0 Å². The van der Waals surface area contributed by atoms with Gasteiger partial charge in [-0.1, -0.05) is 13.0 Å². The largest absolute Gasteiger partial charge is 0.506 e. The molecular formula is C14H22N2O3. The molecule has 0 aliphatic carbocycles. The van der Waals surface area contributed by atoms with Crippen LogP contribution in [-0.4, -0.2) is 30.8 Å². The van der Waals surface area contributed by atoms with Gasteiger partial charge in [0, 0.05) is 13.7 Å². The molecule has 1 aromatic carbocycles. The van der Waals surface area contributed by atoms with E-state index in [1.54, 1.807) is 19.2 Å². The molecule has 1 amide bonds. The molecule has 19 heavy (non-hydrogen) atoms. The fourth-order valence-electron chi connectivity index (χ4n) is 1.71. The van der Waals surface area contributed by atoms with Gasteiger partial charge in [0.05, 0.1) is 11.7 Å². The maximum Gasteiger partial charge on any atom is 0.241 e. The molecule has 1 rings (SSSR count). The Labute approximate surface area is 113 Å². The molecule has 0 aliphatic rings. The van der Waals surface area contributed by atoms with Gasteiger partial charge >= 0.3 is 0 Å². The standard InChI is InChI=1S/C14H22N2O3/c1-3-10-6-7-13(17)12(9-10)16-14(18)11(15)5-4-8-19-2/h6-7,9,11,17H,3-5,8,15H2,1-2H3,(H,16,18). The molecule has 1 unspecified atom stereocenters. The van der Waals surface area contributed by atoms with Crippen molar-refractivity contribution in [3.63, 3.8) is 0 Å². The number of phenols is 1. The molecule has 1 aromatic rings. The molecule has 0 fully saturated rings. The zero-order valence-corrected chi connectivity index (χ0v) is 11.5. The maximum absolute atomic E-state index is 11.9. The zero-order chi connectivity index (χ0) is 14.3. The van der Waals surface area contributed by atoms with E-state index in [0.717, 1.165) is 18.4 Å². The van der Waals surface area contributed by atoms with E-state index in [0.29, 0.717) is 18.7 Å². The number of rotatable bonds is 7. The molecule has 0 radical (unpaired) electrons. The van der Waals surface area contributed by atoms with E-state index in [2.05, 4.69) is 5.32 Å². The third-order valence-corrected chi connectivity index (χ3v) is 2.93. The SMILES string of the molecule is CCc1ccc(O)c(NC(=O)C(N)CCCOC)c1. The van der Waals surface area contributed by atoms with Crippen LogP contribution >= 0.6 is 0 Å². The number of hydrogen-bond acceptors (Lipinski definition) is 4. The van der Waals surface area contributed by atoms with Crippen LogP contribution in [0.1, 0.15) is 25.3 Å². The molecular weight excluding hydrogens is 244 g/mol. The van der Waals surface area contributed by atoms with Crippen LogP contribution in [0, 0.1) is 0 Å². The van der Waals surface area contributed by atoms with Gasteiger partial charge in [0.25, 0.3) is 0 Å². The molecule has 0 bridgehead atoms. The summed E-state index contributed by atoms with van der Waals surface area (Å²) in [6.07, 6.45) is 2.11. The normalized spacial score (nSPS) is 12.2. The molecule has 0 aliphatic heterocycles. The summed E-state index contributed by atoms with van der Waals surface area (Å²) in [7, 11) is 1.61. The van der Waals surface area contributed by atoms with E-state index >= 15 is 0 Å². The first-order valence-corrected chi connectivity index (χ1v) is 6.45. The second-order valence-corrected chi connectivity index (χ2v) is 4.44. The van der Waals surface area contributed by atoms with Gasteiger partial charge in [0.1, 0.15) is 5.75 Å². The highest BCUT2D eigenvalue weighted by Crippen LogP contribution is 2.24. The zero-order valence-electron chi connectivity index (χ0n) is 11.5. The third kappa shape index (κ3) is 4.89. The first-order valence-electron chi connectivity index (χ1n) is 6.45. The van der Waals surface area contributed by atoms with Gasteiger partial charge in [-0.15, -0.1) is 0 Å². The molecule has 0 aromatic heterocycles. The quantitative estimate of drug-likeness (QED) is 0.517. The minimum atomic E-state index is -0.597. The lowest BCUT2D eigenvalue weighted by molar-refractivity contribution is -0.117. The van der Waals surface area contributed by atoms with Crippen LogP contribution in [0.4, 0.5) is 5.69 Å². The number of carbonyl (C=O) groups is 1. The highest BCUT2D eigenvalue weighted by Gasteiger charge is 2.14. The number of ether oxygens (including phenoxy) is 1. The van der Waals surface area contributed by atoms with Crippen LogP contribution in [-0.2, 0) is 16.0 Å². The number of aromatic hydroxyl groups is 1. The molecule has 0 saturated carbocycles. The van der Waals surface area contributed by atoms with Crippen LogP contribution in [0.3, 0.4) is 0 Å². The monoisotopic (exact) mass is 266 g/mol. The topological polar surface area (TPSA) is 84.6 Å². The lowest BCUT2D eigenvalue weighted by atomic mass is 10.1. The number of benzene rings is 1. The van der Waals surface area contributed by atoms with Crippen molar-refractivity contribution in [1.29, 1.82) is 0 Å². The molecule has 0 heterocycles. The van der Waals surface area contributed by atoms with Crippen molar-refractivity contribution in [2.75, 3.05) is 19.0 Å². The van der Waals surface area contributed by atoms with Gasteiger partial charge in [0.15, 0.2) is 0 Å². The summed E-state index contributed by atoms with van der Waals surface area (Å²) in [6.45, 7) is 2.59. The molecule has 5 nitrogen and oxygen atoms in total. The van der Waals surface area contributed by atoms with E-state index in [-0.39, 0.29) is 11.7 Å². The summed E-state index contributed by atoms with van der Waals surface area (Å²) in [5, 5.41) is 12.4. The summed E-state index contributed by atoms with van der Waals surface area (Å²) >= 11 is 0. The molecule has 0 saturated heterocycles. The second kappa shape index (κ2) is 7.76. The van der Waals surface area contributed by atoms with Crippen molar-refractivity contribution >= 4 is 11.6 Å². The Hall–Kier alpha value is -1.59. The fraction of sp³-hybridized carbons (Fsp3) is 0.500. The van der Waals surface area contributed by atoms with Gasteiger partial charge in [0.2, 0.25) is 5.91 Å². The number of methoxy groups -OCH3 is 1. The van der Waals surface area contributed by atoms with E-state index < -0.39 is 6.04 Å². The van der Waals surface area contributed by atoms with Gasteiger partial charge in [-0.05, 0) is 37.0 Å². The van der Waals surface area contributed by atoms with Crippen molar-refractivity contribution in [3.8, 4) is 5.75 Å². The lowest BCUT2D eigenvalue weighted by Gasteiger charge is -2.13. The average Bonchev–Trinajstić information content (AvgIpc) is 2.41. The molecule has 0 spiro atoms. The Morgan fingerprint density at radius 3 is 2.89 bits per heavy atom. The molecule has 5 heteroatoms. The van der Waals surface area contributed by atoms with Crippen LogP contribution < -0.4 is 11.1 Å². The van der Waals surface area contributed by atoms with E-state index in [1.165, 1.54) is 0 Å². The third-order valence-electron chi connectivity index (χ3n) is 2.93.